The number of aryl methyl sites for hydroxylation is 2. The molecule has 1 amide bonds. The second-order valence-corrected chi connectivity index (χ2v) is 11.1. The van der Waals surface area contributed by atoms with Gasteiger partial charge in [0.15, 0.2) is 0 Å². The van der Waals surface area contributed by atoms with Crippen LogP contribution in [0.2, 0.25) is 0 Å². The average molecular weight is 587 g/mol. The zero-order valence-corrected chi connectivity index (χ0v) is 23.0. The number of carbonyl (C=O) groups is 2. The summed E-state index contributed by atoms with van der Waals surface area (Å²) < 4.78 is 66.7. The minimum absolute atomic E-state index is 0.0385. The lowest BCUT2D eigenvalue weighted by Gasteiger charge is -2.31. The lowest BCUT2D eigenvalue weighted by Crippen LogP contribution is -2.43. The van der Waals surface area contributed by atoms with Gasteiger partial charge in [-0.2, -0.15) is 13.2 Å². The number of piperazine rings is 1. The number of benzene rings is 2. The van der Waals surface area contributed by atoms with Crippen molar-refractivity contribution in [1.29, 1.82) is 0 Å². The summed E-state index contributed by atoms with van der Waals surface area (Å²) in [6.45, 7) is 8.02. The van der Waals surface area contributed by atoms with Crippen LogP contribution in [-0.2, 0) is 19.6 Å². The number of carboxylic acid groups (broad SMARTS) is 1. The van der Waals surface area contributed by atoms with E-state index >= 15 is 0 Å². The minimum atomic E-state index is -5.08. The van der Waals surface area contributed by atoms with Crippen LogP contribution in [0.25, 0.3) is 0 Å². The van der Waals surface area contributed by atoms with Crippen molar-refractivity contribution < 1.29 is 41.0 Å². The van der Waals surface area contributed by atoms with Gasteiger partial charge in [0.1, 0.15) is 0 Å². The number of aliphatic carboxylic acids is 1. The Hall–Kier alpha value is -3.36. The van der Waals surface area contributed by atoms with Gasteiger partial charge in [-0.15, -0.1) is 0 Å². The number of amides is 1. The minimum Gasteiger partial charge on any atom is -0.475 e. The van der Waals surface area contributed by atoms with E-state index in [4.69, 9.17) is 14.6 Å². The van der Waals surface area contributed by atoms with Gasteiger partial charge in [-0.1, -0.05) is 17.7 Å². The molecule has 10 nitrogen and oxygen atoms in total. The summed E-state index contributed by atoms with van der Waals surface area (Å²) in [5.41, 5.74) is 3.25. The van der Waals surface area contributed by atoms with E-state index in [0.717, 1.165) is 56.9 Å². The Balaban J connectivity index is 0.000000559. The predicted octanol–water partition coefficient (Wildman–Crippen LogP) is 3.06. The van der Waals surface area contributed by atoms with E-state index in [1.807, 2.05) is 19.1 Å². The highest BCUT2D eigenvalue weighted by atomic mass is 32.2. The number of nitrogens with one attached hydrogen (secondary N) is 3. The predicted molar refractivity (Wildman–Crippen MR) is 143 cm³/mol. The Morgan fingerprint density at radius 3 is 2.38 bits per heavy atom. The molecule has 4 N–H and O–H groups in total. The van der Waals surface area contributed by atoms with Crippen molar-refractivity contribution in [3.63, 3.8) is 0 Å². The number of carboxylic acids is 1. The number of sulfonamides is 1. The number of carbonyl (C=O) groups excluding carboxylic acids is 1. The molecular weight excluding hydrogens is 553 g/mol. The zero-order chi connectivity index (χ0) is 29.5. The maximum absolute atomic E-state index is 13.3. The number of ether oxygens (including phenoxy) is 1. The van der Waals surface area contributed by atoms with Crippen LogP contribution in [0.15, 0.2) is 41.3 Å². The summed E-state index contributed by atoms with van der Waals surface area (Å²) in [6.07, 6.45) is -3.11. The van der Waals surface area contributed by atoms with Crippen LogP contribution in [-0.4, -0.2) is 77.0 Å². The van der Waals surface area contributed by atoms with Gasteiger partial charge in [-0.3, -0.25) is 9.52 Å². The first-order chi connectivity index (χ1) is 18.8. The Kier molecular flexibility index (Phi) is 10.4. The molecule has 0 radical (unpaired) electrons. The van der Waals surface area contributed by atoms with E-state index < -0.39 is 22.2 Å². The van der Waals surface area contributed by atoms with Crippen LogP contribution in [0.5, 0.6) is 0 Å². The topological polar surface area (TPSA) is 137 Å². The van der Waals surface area contributed by atoms with Crippen molar-refractivity contribution in [3.05, 3.63) is 53.1 Å². The molecule has 40 heavy (non-hydrogen) atoms. The third-order valence-corrected chi connectivity index (χ3v) is 7.86. The number of anilines is 2. The monoisotopic (exact) mass is 586 g/mol. The number of hydrogen-bond acceptors (Lipinski definition) is 7. The number of hydrogen-bond donors (Lipinski definition) is 4. The van der Waals surface area contributed by atoms with Crippen LogP contribution in [0.1, 0.15) is 34.3 Å². The fourth-order valence-electron chi connectivity index (χ4n) is 4.36. The molecule has 14 heteroatoms. The smallest absolute Gasteiger partial charge is 0.475 e. The molecular formula is C26H33F3N4O6S. The van der Waals surface area contributed by atoms with Crippen molar-refractivity contribution in [2.45, 2.75) is 43.9 Å². The molecule has 0 aliphatic carbocycles. The van der Waals surface area contributed by atoms with Crippen molar-refractivity contribution >= 4 is 33.3 Å². The lowest BCUT2D eigenvalue weighted by atomic mass is 10.1. The lowest BCUT2D eigenvalue weighted by molar-refractivity contribution is -0.192. The largest absolute Gasteiger partial charge is 0.490 e. The van der Waals surface area contributed by atoms with Gasteiger partial charge >= 0.3 is 12.1 Å². The fourth-order valence-corrected chi connectivity index (χ4v) is 5.65. The highest BCUT2D eigenvalue weighted by Gasteiger charge is 2.38. The summed E-state index contributed by atoms with van der Waals surface area (Å²) in [6, 6.07) is 10.5. The highest BCUT2D eigenvalue weighted by Crippen LogP contribution is 2.31. The third kappa shape index (κ3) is 8.57. The molecule has 0 aromatic heterocycles. The van der Waals surface area contributed by atoms with Gasteiger partial charge in [0, 0.05) is 44.9 Å². The van der Waals surface area contributed by atoms with Crippen molar-refractivity contribution in [1.82, 2.24) is 10.6 Å². The fraction of sp³-hybridized carbons (Fsp3) is 0.462. The molecule has 2 heterocycles. The Labute approximate surface area is 230 Å². The third-order valence-electron chi connectivity index (χ3n) is 6.34. The zero-order valence-electron chi connectivity index (χ0n) is 22.2. The van der Waals surface area contributed by atoms with Gasteiger partial charge in [0.25, 0.3) is 15.9 Å². The average Bonchev–Trinajstić information content (AvgIpc) is 3.41. The standard InChI is InChI=1S/C24H32N4O4S.C2HF3O2/c1-17-5-8-23(18(2)14-17)33(30,31)27-21-15-19(24(29)26-16-20-4-3-13-32-20)6-7-22(21)28-11-9-25-10-12-28;3-2(4,5)1(6)7/h5-8,14-15,20,25,27H,3-4,9-13,16H2,1-2H3,(H,26,29);(H,6,7). The summed E-state index contributed by atoms with van der Waals surface area (Å²) in [5, 5.41) is 13.3. The molecule has 220 valence electrons. The summed E-state index contributed by atoms with van der Waals surface area (Å²) in [5.74, 6) is -3.00. The molecule has 2 aliphatic rings. The van der Waals surface area contributed by atoms with Crippen LogP contribution in [0.4, 0.5) is 24.5 Å². The summed E-state index contributed by atoms with van der Waals surface area (Å²) in [4.78, 5) is 24.1. The molecule has 0 spiro atoms. The highest BCUT2D eigenvalue weighted by molar-refractivity contribution is 7.92. The van der Waals surface area contributed by atoms with Crippen molar-refractivity contribution in [3.8, 4) is 0 Å². The molecule has 2 aliphatic heterocycles. The van der Waals surface area contributed by atoms with E-state index in [-0.39, 0.29) is 16.9 Å². The van der Waals surface area contributed by atoms with Gasteiger partial charge in [-0.25, -0.2) is 13.2 Å². The van der Waals surface area contributed by atoms with Crippen molar-refractivity contribution in [2.24, 2.45) is 0 Å². The molecule has 2 aromatic rings. The molecule has 1 atom stereocenters. The van der Waals surface area contributed by atoms with Gasteiger partial charge < -0.3 is 25.4 Å². The maximum Gasteiger partial charge on any atom is 0.490 e. The molecule has 2 saturated heterocycles. The summed E-state index contributed by atoms with van der Waals surface area (Å²) >= 11 is 0. The first-order valence-electron chi connectivity index (χ1n) is 12.7. The van der Waals surface area contributed by atoms with Gasteiger partial charge in [0.2, 0.25) is 0 Å². The first-order valence-corrected chi connectivity index (χ1v) is 14.2. The quantitative estimate of drug-likeness (QED) is 0.389. The number of rotatable bonds is 7. The van der Waals surface area contributed by atoms with Crippen LogP contribution in [0, 0.1) is 13.8 Å². The molecule has 0 bridgehead atoms. The molecule has 1 unspecified atom stereocenters. The number of alkyl halides is 3. The first kappa shape index (κ1) is 31.2. The van der Waals surface area contributed by atoms with Crippen molar-refractivity contribution in [2.75, 3.05) is 49.0 Å². The van der Waals surface area contributed by atoms with Crippen LogP contribution >= 0.6 is 0 Å². The van der Waals surface area contributed by atoms with E-state index in [9.17, 15) is 26.4 Å². The molecule has 2 aromatic carbocycles. The van der Waals surface area contributed by atoms with E-state index in [1.165, 1.54) is 0 Å². The Morgan fingerprint density at radius 2 is 1.80 bits per heavy atom. The second-order valence-electron chi connectivity index (χ2n) is 9.49. The Bertz CT molecular complexity index is 1310. The van der Waals surface area contributed by atoms with Gasteiger partial charge in [-0.05, 0) is 56.5 Å². The Morgan fingerprint density at radius 1 is 1.12 bits per heavy atom. The molecule has 2 fully saturated rings. The second kappa shape index (κ2) is 13.3. The SMILES string of the molecule is Cc1ccc(S(=O)(=O)Nc2cc(C(=O)NCC3CCCO3)ccc2N2CCNCC2)c(C)c1.O=C(O)C(F)(F)F. The number of nitrogens with zero attached hydrogens (tertiary/aromatic N) is 1. The van der Waals surface area contributed by atoms with Crippen LogP contribution < -0.4 is 20.3 Å². The van der Waals surface area contributed by atoms with E-state index in [2.05, 4.69) is 20.3 Å². The van der Waals surface area contributed by atoms with E-state index in [1.54, 1.807) is 31.2 Å². The normalized spacial score (nSPS) is 17.5. The number of halogens is 3. The maximum atomic E-state index is 13.3. The van der Waals surface area contributed by atoms with Crippen LogP contribution in [0.3, 0.4) is 0 Å². The summed E-state index contributed by atoms with van der Waals surface area (Å²) in [7, 11) is -3.83. The van der Waals surface area contributed by atoms with Gasteiger partial charge in [0.05, 0.1) is 22.4 Å². The molecule has 0 saturated carbocycles. The van der Waals surface area contributed by atoms with E-state index in [0.29, 0.717) is 23.4 Å². The molecule has 4 rings (SSSR count).